The third kappa shape index (κ3) is 595. The minimum Gasteiger partial charge on any atom is -1.00 e. The SMILES string of the molecule is NC(N)=S.O=S(O)(O)=S.[H-].[Na+]. The number of hydrogen-bond acceptors (Lipinski definition) is 3. The fraction of sp³-hybridized carbons (Fsp3) is 0. The summed E-state index contributed by atoms with van der Waals surface area (Å²) in [5.74, 6) is 0. The van der Waals surface area contributed by atoms with Gasteiger partial charge in [-0.1, -0.05) is 0 Å². The van der Waals surface area contributed by atoms with Crippen molar-refractivity contribution in [2.24, 2.45) is 11.5 Å². The molecule has 0 bridgehead atoms. The van der Waals surface area contributed by atoms with Crippen LogP contribution in [-0.4, -0.2) is 18.4 Å². The predicted molar refractivity (Wildman–Crippen MR) is 42.8 cm³/mol. The summed E-state index contributed by atoms with van der Waals surface area (Å²) in [4.78, 5) is 0. The second-order valence-electron chi connectivity index (χ2n) is 0.850. The molecule has 0 fully saturated rings. The second kappa shape index (κ2) is 8.08. The van der Waals surface area contributed by atoms with Crippen LogP contribution in [0.4, 0.5) is 0 Å². The molecule has 58 valence electrons. The summed E-state index contributed by atoms with van der Waals surface area (Å²) >= 11 is 7.56. The summed E-state index contributed by atoms with van der Waals surface area (Å²) in [6, 6.07) is 0. The van der Waals surface area contributed by atoms with Crippen LogP contribution in [0.2, 0.25) is 0 Å². The van der Waals surface area contributed by atoms with Gasteiger partial charge in [-0.3, -0.25) is 9.11 Å². The molecular formula is CH7N2NaO3S3. The molecule has 0 aromatic carbocycles. The molecule has 0 aromatic rings. The average molecular weight is 214 g/mol. The van der Waals surface area contributed by atoms with Crippen molar-refractivity contribution in [3.05, 3.63) is 0 Å². The van der Waals surface area contributed by atoms with Crippen molar-refractivity contribution in [1.82, 2.24) is 0 Å². The smallest absolute Gasteiger partial charge is 1.00 e. The summed E-state index contributed by atoms with van der Waals surface area (Å²) < 4.78 is 24.0. The van der Waals surface area contributed by atoms with E-state index in [2.05, 4.69) is 34.9 Å². The molecule has 0 aliphatic rings. The van der Waals surface area contributed by atoms with Crippen LogP contribution >= 0.6 is 12.2 Å². The van der Waals surface area contributed by atoms with E-state index in [1.807, 2.05) is 0 Å². The molecule has 0 heterocycles. The van der Waals surface area contributed by atoms with Crippen molar-refractivity contribution in [2.45, 2.75) is 0 Å². The minimum absolute atomic E-state index is 0. The van der Waals surface area contributed by atoms with Gasteiger partial charge < -0.3 is 12.9 Å². The molecule has 10 heavy (non-hydrogen) atoms. The molecule has 0 unspecified atom stereocenters. The first-order chi connectivity index (χ1) is 3.73. The molecule has 0 rings (SSSR count). The van der Waals surface area contributed by atoms with Crippen LogP contribution in [0.5, 0.6) is 0 Å². The number of thiocarbonyl (C=S) groups is 1. The maximum absolute atomic E-state index is 9.11. The van der Waals surface area contributed by atoms with Crippen LogP contribution in [0.3, 0.4) is 0 Å². The van der Waals surface area contributed by atoms with Crippen molar-refractivity contribution in [3.63, 3.8) is 0 Å². The summed E-state index contributed by atoms with van der Waals surface area (Å²) in [6.07, 6.45) is 0. The molecule has 0 saturated heterocycles. The maximum Gasteiger partial charge on any atom is 1.00 e. The Labute approximate surface area is 92.6 Å². The zero-order valence-electron chi connectivity index (χ0n) is 6.18. The molecule has 9 heteroatoms. The summed E-state index contributed by atoms with van der Waals surface area (Å²) in [7, 11) is -3.83. The van der Waals surface area contributed by atoms with E-state index in [4.69, 9.17) is 13.3 Å². The standard InChI is InChI=1S/CH4N2S.Na.H2O3S2.H/c2-1(3)4;;1-5(2,3)4;/h(H4,2,3,4);;(H2,1,2,3,4);/q;+1;;-1. The molecule has 0 saturated carbocycles. The van der Waals surface area contributed by atoms with Crippen LogP contribution in [-0.2, 0) is 20.2 Å². The van der Waals surface area contributed by atoms with E-state index in [1.165, 1.54) is 0 Å². The topological polar surface area (TPSA) is 110 Å². The number of nitrogens with two attached hydrogens (primary N) is 2. The van der Waals surface area contributed by atoms with Gasteiger partial charge in [0.05, 0.1) is 0 Å². The van der Waals surface area contributed by atoms with Gasteiger partial charge in [-0.05, 0) is 12.2 Å². The molecular weight excluding hydrogens is 207 g/mol. The Morgan fingerprint density at radius 2 is 1.50 bits per heavy atom. The normalized spacial score (nSPS) is 8.20. The first kappa shape index (κ1) is 17.2. The van der Waals surface area contributed by atoms with Crippen molar-refractivity contribution < 1.29 is 44.3 Å². The minimum atomic E-state index is -3.83. The van der Waals surface area contributed by atoms with Gasteiger partial charge in [0.1, 0.15) is 0 Å². The first-order valence-electron chi connectivity index (χ1n) is 1.48. The molecule has 0 aliphatic carbocycles. The Kier molecular flexibility index (Phi) is 13.9. The molecule has 5 nitrogen and oxygen atoms in total. The van der Waals surface area contributed by atoms with Gasteiger partial charge in [-0.25, -0.2) is 0 Å². The molecule has 0 aliphatic heterocycles. The fourth-order valence-electron chi connectivity index (χ4n) is 0. The summed E-state index contributed by atoms with van der Waals surface area (Å²) in [5, 5.41) is 0.000000000000000222. The van der Waals surface area contributed by atoms with Gasteiger partial charge in [0.15, 0.2) is 5.11 Å². The van der Waals surface area contributed by atoms with Crippen molar-refractivity contribution in [1.29, 1.82) is 0 Å². The quantitative estimate of drug-likeness (QED) is 0.240. The summed E-state index contributed by atoms with van der Waals surface area (Å²) in [5.41, 5.74) is 9.24. The van der Waals surface area contributed by atoms with Crippen LogP contribution < -0.4 is 41.0 Å². The van der Waals surface area contributed by atoms with E-state index in [-0.39, 0.29) is 36.1 Å². The largest absolute Gasteiger partial charge is 1.00 e. The Hall–Kier alpha value is 0.980. The van der Waals surface area contributed by atoms with Gasteiger partial charge in [-0.2, -0.15) is 4.21 Å². The van der Waals surface area contributed by atoms with E-state index in [1.54, 1.807) is 0 Å². The fourth-order valence-corrected chi connectivity index (χ4v) is 0. The van der Waals surface area contributed by atoms with Crippen LogP contribution in [0, 0.1) is 0 Å². The molecule has 0 spiro atoms. The Morgan fingerprint density at radius 3 is 1.50 bits per heavy atom. The molecule has 0 atom stereocenters. The monoisotopic (exact) mass is 214 g/mol. The van der Waals surface area contributed by atoms with Gasteiger partial charge in [-0.15, -0.1) is 0 Å². The molecule has 0 amide bonds. The maximum atomic E-state index is 9.11. The predicted octanol–water partition coefficient (Wildman–Crippen LogP) is -4.02. The Morgan fingerprint density at radius 1 is 1.50 bits per heavy atom. The molecule has 6 N–H and O–H groups in total. The van der Waals surface area contributed by atoms with E-state index < -0.39 is 9.05 Å². The molecule has 0 radical (unpaired) electrons. The van der Waals surface area contributed by atoms with Crippen molar-refractivity contribution >= 4 is 37.6 Å². The number of hydrogen-bond donors (Lipinski definition) is 4. The van der Waals surface area contributed by atoms with Crippen molar-refractivity contribution in [3.8, 4) is 0 Å². The van der Waals surface area contributed by atoms with E-state index >= 15 is 0 Å². The van der Waals surface area contributed by atoms with E-state index in [0.29, 0.717) is 0 Å². The van der Waals surface area contributed by atoms with Gasteiger partial charge >= 0.3 is 29.6 Å². The van der Waals surface area contributed by atoms with Gasteiger partial charge in [0.25, 0.3) is 9.05 Å². The first-order valence-corrected chi connectivity index (χ1v) is 4.29. The summed E-state index contributed by atoms with van der Waals surface area (Å²) in [6.45, 7) is 0. The second-order valence-corrected chi connectivity index (χ2v) is 3.52. The zero-order chi connectivity index (χ0) is 8.08. The van der Waals surface area contributed by atoms with Crippen LogP contribution in [0.25, 0.3) is 0 Å². The molecule has 0 aromatic heterocycles. The van der Waals surface area contributed by atoms with E-state index in [0.717, 1.165) is 0 Å². The van der Waals surface area contributed by atoms with E-state index in [9.17, 15) is 0 Å². The number of rotatable bonds is 0. The third-order valence-corrected chi connectivity index (χ3v) is 0. The zero-order valence-corrected chi connectivity index (χ0v) is 9.63. The Balaban J connectivity index is -0.0000000383. The third-order valence-electron chi connectivity index (χ3n) is 0. The van der Waals surface area contributed by atoms with Gasteiger partial charge in [0, 0.05) is 11.2 Å². The van der Waals surface area contributed by atoms with Gasteiger partial charge in [0.2, 0.25) is 0 Å². The Bertz CT molecular complexity index is 169. The average Bonchev–Trinajstić information content (AvgIpc) is 1.19. The van der Waals surface area contributed by atoms with Crippen LogP contribution in [0.1, 0.15) is 1.43 Å². The van der Waals surface area contributed by atoms with Crippen LogP contribution in [0.15, 0.2) is 0 Å². The van der Waals surface area contributed by atoms with Crippen molar-refractivity contribution in [2.75, 3.05) is 0 Å².